The van der Waals surface area contributed by atoms with Crippen LogP contribution >= 0.6 is 0 Å². The minimum atomic E-state index is -0.507. The van der Waals surface area contributed by atoms with Gasteiger partial charge in [0.15, 0.2) is 6.17 Å². The highest BCUT2D eigenvalue weighted by Gasteiger charge is 2.23. The molecule has 0 saturated heterocycles. The van der Waals surface area contributed by atoms with E-state index in [4.69, 9.17) is 15.0 Å². The zero-order chi connectivity index (χ0) is 38.4. The number of aliphatic imine (C=N–C) groups is 2. The summed E-state index contributed by atoms with van der Waals surface area (Å²) in [5, 5.41) is 12.2. The minimum Gasteiger partial charge on any atom is -0.324 e. The van der Waals surface area contributed by atoms with E-state index in [1.54, 1.807) is 0 Å². The number of aromatic nitrogens is 1. The molecule has 11 rings (SSSR count). The lowest BCUT2D eigenvalue weighted by molar-refractivity contribution is 0.756. The van der Waals surface area contributed by atoms with E-state index in [0.717, 1.165) is 67.1 Å². The summed E-state index contributed by atoms with van der Waals surface area (Å²) in [6.45, 7) is 0. The van der Waals surface area contributed by atoms with E-state index in [1.165, 1.54) is 37.9 Å². The van der Waals surface area contributed by atoms with Crippen molar-refractivity contribution in [1.82, 2.24) is 10.3 Å². The Bertz CT molecular complexity index is 3200. The van der Waals surface area contributed by atoms with E-state index in [-0.39, 0.29) is 0 Å². The summed E-state index contributed by atoms with van der Waals surface area (Å²) < 4.78 is 0. The van der Waals surface area contributed by atoms with Gasteiger partial charge in [0.25, 0.3) is 0 Å². The lowest BCUT2D eigenvalue weighted by Crippen LogP contribution is -2.36. The molecular weight excluding hydrogens is 705 g/mol. The van der Waals surface area contributed by atoms with E-state index in [0.29, 0.717) is 0 Å². The smallest absolute Gasteiger partial charge is 0.169 e. The van der Waals surface area contributed by atoms with Crippen molar-refractivity contribution in [1.29, 1.82) is 0 Å². The minimum absolute atomic E-state index is 0.507. The van der Waals surface area contributed by atoms with E-state index in [1.807, 2.05) is 36.5 Å². The quantitative estimate of drug-likeness (QED) is 0.173. The number of nitrogens with zero attached hydrogens (tertiary/aromatic N) is 3. The third kappa shape index (κ3) is 5.99. The van der Waals surface area contributed by atoms with Crippen LogP contribution in [0.4, 0.5) is 0 Å². The third-order valence-electron chi connectivity index (χ3n) is 11.3. The molecule has 0 amide bonds. The van der Waals surface area contributed by atoms with Gasteiger partial charge >= 0.3 is 0 Å². The van der Waals surface area contributed by atoms with Crippen molar-refractivity contribution in [3.05, 3.63) is 223 Å². The van der Waals surface area contributed by atoms with Gasteiger partial charge in [-0.1, -0.05) is 170 Å². The summed E-state index contributed by atoms with van der Waals surface area (Å²) in [6.07, 6.45) is 1.37. The number of nitrogens with one attached hydrogen (secondary N) is 1. The van der Waals surface area contributed by atoms with Crippen LogP contribution in [-0.4, -0.2) is 16.7 Å². The van der Waals surface area contributed by atoms with Gasteiger partial charge < -0.3 is 5.32 Å². The van der Waals surface area contributed by atoms with E-state index in [9.17, 15) is 0 Å². The van der Waals surface area contributed by atoms with Gasteiger partial charge in [0, 0.05) is 28.3 Å². The van der Waals surface area contributed by atoms with Crippen LogP contribution in [0.5, 0.6) is 0 Å². The van der Waals surface area contributed by atoms with Crippen LogP contribution in [0.1, 0.15) is 22.9 Å². The van der Waals surface area contributed by atoms with Crippen LogP contribution in [0, 0.1) is 0 Å². The molecule has 2 heterocycles. The van der Waals surface area contributed by atoms with Crippen molar-refractivity contribution in [3.8, 4) is 33.4 Å². The molecule has 0 radical (unpaired) electrons. The number of para-hydroxylation sites is 1. The molecule has 9 aromatic carbocycles. The molecule has 0 fully saturated rings. The van der Waals surface area contributed by atoms with Crippen LogP contribution in [0.2, 0.25) is 0 Å². The highest BCUT2D eigenvalue weighted by Crippen LogP contribution is 2.40. The first-order valence-corrected chi connectivity index (χ1v) is 19.7. The summed E-state index contributed by atoms with van der Waals surface area (Å²) in [6, 6.07) is 71.1. The molecule has 0 saturated carbocycles. The highest BCUT2D eigenvalue weighted by molar-refractivity contribution is 6.25. The first-order valence-electron chi connectivity index (χ1n) is 19.7. The molecule has 1 aromatic heterocycles. The normalized spacial score (nSPS) is 14.0. The zero-order valence-corrected chi connectivity index (χ0v) is 31.5. The van der Waals surface area contributed by atoms with E-state index < -0.39 is 6.17 Å². The van der Waals surface area contributed by atoms with Crippen LogP contribution in [0.25, 0.3) is 76.6 Å². The fraction of sp³-hybridized carbons (Fsp3) is 0.0185. The Balaban J connectivity index is 1.11. The molecule has 1 unspecified atom stereocenters. The molecule has 1 aliphatic heterocycles. The second-order valence-corrected chi connectivity index (χ2v) is 14.8. The molecule has 4 nitrogen and oxygen atoms in total. The predicted molar refractivity (Wildman–Crippen MR) is 242 cm³/mol. The maximum atomic E-state index is 5.36. The zero-order valence-electron chi connectivity index (χ0n) is 31.5. The molecule has 4 heteroatoms. The van der Waals surface area contributed by atoms with Crippen molar-refractivity contribution in [2.24, 2.45) is 9.98 Å². The standard InChI is InChI=1S/C54H36N4/c1-3-13-35(14-4-1)36-24-26-39(27-25-36)53-56-52(38-15-5-2-6-16-38)57-54(58-53)43-32-41(31-42(33-43)44-23-11-17-37-18-12-30-55-51(37)44)40-28-29-49-47-21-8-7-19-45(47)46-20-9-10-22-48(46)50(49)34-40/h1-34,54H,(H,56,57,58). The molecule has 1 atom stereocenters. The van der Waals surface area contributed by atoms with Crippen LogP contribution in [-0.2, 0) is 0 Å². The average Bonchev–Trinajstić information content (AvgIpc) is 3.31. The SMILES string of the molecule is c1ccc(C2=NC(c3cc(-c4ccc5c6ccccc6c6ccccc6c5c4)cc(-c4cccc5cccnc45)c3)N=C(c3ccc(-c4ccccc4)cc3)N2)cc1. The summed E-state index contributed by atoms with van der Waals surface area (Å²) in [5.74, 6) is 1.56. The Labute approximate surface area is 336 Å². The second kappa shape index (κ2) is 14.1. The predicted octanol–water partition coefficient (Wildman–Crippen LogP) is 13.2. The Morgan fingerprint density at radius 3 is 1.55 bits per heavy atom. The fourth-order valence-electron chi connectivity index (χ4n) is 8.49. The largest absolute Gasteiger partial charge is 0.324 e. The summed E-state index contributed by atoms with van der Waals surface area (Å²) in [4.78, 5) is 15.6. The lowest BCUT2D eigenvalue weighted by Gasteiger charge is -2.23. The van der Waals surface area contributed by atoms with Gasteiger partial charge in [0.2, 0.25) is 0 Å². The molecule has 1 N–H and O–H groups in total. The summed E-state index contributed by atoms with van der Waals surface area (Å²) in [7, 11) is 0. The van der Waals surface area contributed by atoms with Gasteiger partial charge in [-0.15, -0.1) is 0 Å². The van der Waals surface area contributed by atoms with Gasteiger partial charge in [0.1, 0.15) is 11.7 Å². The maximum absolute atomic E-state index is 5.36. The van der Waals surface area contributed by atoms with Crippen molar-refractivity contribution in [2.75, 3.05) is 0 Å². The average molecular weight is 741 g/mol. The van der Waals surface area contributed by atoms with Crippen molar-refractivity contribution >= 4 is 54.9 Å². The van der Waals surface area contributed by atoms with Crippen molar-refractivity contribution in [2.45, 2.75) is 6.17 Å². The lowest BCUT2D eigenvalue weighted by atomic mass is 9.90. The molecule has 272 valence electrons. The summed E-state index contributed by atoms with van der Waals surface area (Å²) >= 11 is 0. The van der Waals surface area contributed by atoms with Gasteiger partial charge in [-0.25, -0.2) is 9.98 Å². The van der Waals surface area contributed by atoms with Crippen LogP contribution in [0.3, 0.4) is 0 Å². The third-order valence-corrected chi connectivity index (χ3v) is 11.3. The van der Waals surface area contributed by atoms with Crippen molar-refractivity contribution in [3.63, 3.8) is 0 Å². The number of benzene rings is 9. The number of hydrogen-bond acceptors (Lipinski definition) is 4. The number of amidine groups is 2. The Kier molecular flexibility index (Phi) is 8.18. The molecule has 1 aliphatic rings. The van der Waals surface area contributed by atoms with Gasteiger partial charge in [-0.05, 0) is 96.0 Å². The monoisotopic (exact) mass is 740 g/mol. The molecule has 58 heavy (non-hydrogen) atoms. The van der Waals surface area contributed by atoms with Gasteiger partial charge in [-0.2, -0.15) is 0 Å². The number of fused-ring (bicyclic) bond motifs is 7. The number of rotatable bonds is 6. The van der Waals surface area contributed by atoms with Crippen LogP contribution in [0.15, 0.2) is 216 Å². The molecule has 0 spiro atoms. The highest BCUT2D eigenvalue weighted by atomic mass is 15.2. The maximum Gasteiger partial charge on any atom is 0.169 e. The van der Waals surface area contributed by atoms with Crippen molar-refractivity contribution < 1.29 is 0 Å². The number of hydrogen-bond donors (Lipinski definition) is 1. The first-order chi connectivity index (χ1) is 28.7. The van der Waals surface area contributed by atoms with Gasteiger partial charge in [0.05, 0.1) is 5.52 Å². The van der Waals surface area contributed by atoms with Crippen LogP contribution < -0.4 is 5.32 Å². The Hall–Kier alpha value is -7.69. The Morgan fingerprint density at radius 2 is 0.862 bits per heavy atom. The van der Waals surface area contributed by atoms with Gasteiger partial charge in [-0.3, -0.25) is 4.98 Å². The fourth-order valence-corrected chi connectivity index (χ4v) is 8.49. The number of pyridine rings is 1. The van der Waals surface area contributed by atoms with E-state index >= 15 is 0 Å². The molecule has 10 aromatic rings. The first kappa shape index (κ1) is 33.6. The molecular formula is C54H36N4. The molecule has 0 aliphatic carbocycles. The van der Waals surface area contributed by atoms with E-state index in [2.05, 4.69) is 175 Å². The topological polar surface area (TPSA) is 49.6 Å². The Morgan fingerprint density at radius 1 is 0.345 bits per heavy atom. The second-order valence-electron chi connectivity index (χ2n) is 14.8. The summed E-state index contributed by atoms with van der Waals surface area (Å²) in [5.41, 5.74) is 10.7. The molecule has 0 bridgehead atoms.